The summed E-state index contributed by atoms with van der Waals surface area (Å²) in [5.74, 6) is -0.335. The van der Waals surface area contributed by atoms with Gasteiger partial charge in [-0.05, 0) is 41.2 Å². The van der Waals surface area contributed by atoms with E-state index in [-0.39, 0.29) is 18.9 Å². The van der Waals surface area contributed by atoms with E-state index < -0.39 is 30.1 Å². The number of benzene rings is 3. The normalized spacial score (nSPS) is 12.2. The summed E-state index contributed by atoms with van der Waals surface area (Å²) in [6, 6.07) is 24.6. The summed E-state index contributed by atoms with van der Waals surface area (Å²) >= 11 is 0. The van der Waals surface area contributed by atoms with E-state index in [4.69, 9.17) is 14.2 Å². The van der Waals surface area contributed by atoms with E-state index in [9.17, 15) is 14.4 Å². The first-order valence-corrected chi connectivity index (χ1v) is 12.9. The molecular weight excluding hydrogens is 496 g/mol. The van der Waals surface area contributed by atoms with Gasteiger partial charge in [0, 0.05) is 6.42 Å². The van der Waals surface area contributed by atoms with Crippen LogP contribution in [-0.2, 0) is 38.7 Å². The lowest BCUT2D eigenvalue weighted by molar-refractivity contribution is -0.145. The molecule has 8 nitrogen and oxygen atoms in total. The van der Waals surface area contributed by atoms with Crippen LogP contribution in [0.3, 0.4) is 0 Å². The van der Waals surface area contributed by atoms with Gasteiger partial charge >= 0.3 is 12.1 Å². The summed E-state index contributed by atoms with van der Waals surface area (Å²) in [6.45, 7) is 4.37. The second kappa shape index (κ2) is 15.2. The van der Waals surface area contributed by atoms with Gasteiger partial charge in [0.15, 0.2) is 0 Å². The lowest BCUT2D eigenvalue weighted by Crippen LogP contribution is -2.53. The highest BCUT2D eigenvalue weighted by Gasteiger charge is 2.28. The number of carbonyl (C=O) groups is 3. The van der Waals surface area contributed by atoms with Crippen molar-refractivity contribution in [2.45, 2.75) is 52.0 Å². The maximum atomic E-state index is 13.2. The van der Waals surface area contributed by atoms with Gasteiger partial charge in [-0.15, -0.1) is 0 Å². The molecule has 2 atom stereocenters. The first kappa shape index (κ1) is 29.2. The lowest BCUT2D eigenvalue weighted by Gasteiger charge is -2.23. The molecule has 2 amide bonds. The molecule has 39 heavy (non-hydrogen) atoms. The number of nitrogens with one attached hydrogen (secondary N) is 2. The van der Waals surface area contributed by atoms with Crippen molar-refractivity contribution in [3.8, 4) is 5.75 Å². The van der Waals surface area contributed by atoms with Gasteiger partial charge in [0.25, 0.3) is 0 Å². The van der Waals surface area contributed by atoms with E-state index in [0.717, 1.165) is 16.7 Å². The van der Waals surface area contributed by atoms with Crippen LogP contribution in [0.25, 0.3) is 0 Å². The fraction of sp³-hybridized carbons (Fsp3) is 0.323. The summed E-state index contributed by atoms with van der Waals surface area (Å²) in [5, 5.41) is 5.39. The van der Waals surface area contributed by atoms with Gasteiger partial charge < -0.3 is 24.8 Å². The van der Waals surface area contributed by atoms with Crippen LogP contribution in [0.2, 0.25) is 0 Å². The zero-order chi connectivity index (χ0) is 28.0. The van der Waals surface area contributed by atoms with Crippen molar-refractivity contribution in [1.29, 1.82) is 0 Å². The van der Waals surface area contributed by atoms with Gasteiger partial charge in [0.05, 0.1) is 7.11 Å². The predicted molar refractivity (Wildman–Crippen MR) is 148 cm³/mol. The zero-order valence-electron chi connectivity index (χ0n) is 22.6. The van der Waals surface area contributed by atoms with Crippen molar-refractivity contribution in [3.63, 3.8) is 0 Å². The Morgan fingerprint density at radius 3 is 1.97 bits per heavy atom. The van der Waals surface area contributed by atoms with Gasteiger partial charge in [0.1, 0.15) is 31.0 Å². The van der Waals surface area contributed by atoms with E-state index in [1.54, 1.807) is 0 Å². The number of hydrogen-bond acceptors (Lipinski definition) is 6. The van der Waals surface area contributed by atoms with Crippen molar-refractivity contribution in [2.24, 2.45) is 5.92 Å². The molecule has 0 aliphatic rings. The first-order valence-electron chi connectivity index (χ1n) is 12.9. The number of rotatable bonds is 13. The maximum Gasteiger partial charge on any atom is 0.408 e. The standard InChI is InChI=1S/C31H36N2O6/c1-22(2)17-27(33-31(36)39-21-24-13-8-5-9-14-24)29(34)32-28(30(35)37-3)19-25-15-10-16-26(18-25)38-20-23-11-6-4-7-12-23/h4-16,18,22,27-28H,17,19-21H2,1-3H3,(H,32,34)(H,33,36)/t27-,28-/m0/s1. The van der Waals surface area contributed by atoms with Crippen LogP contribution in [0.15, 0.2) is 84.9 Å². The lowest BCUT2D eigenvalue weighted by atomic mass is 10.0. The van der Waals surface area contributed by atoms with Crippen molar-refractivity contribution in [1.82, 2.24) is 10.6 Å². The average molecular weight is 533 g/mol. The minimum atomic E-state index is -0.955. The molecule has 3 aromatic carbocycles. The van der Waals surface area contributed by atoms with Gasteiger partial charge in [-0.3, -0.25) is 4.79 Å². The number of hydrogen-bond donors (Lipinski definition) is 2. The Balaban J connectivity index is 1.63. The molecule has 2 N–H and O–H groups in total. The SMILES string of the molecule is COC(=O)[C@H](Cc1cccc(OCc2ccccc2)c1)NC(=O)[C@H](CC(C)C)NC(=O)OCc1ccccc1. The van der Waals surface area contributed by atoms with Crippen LogP contribution in [-0.4, -0.2) is 37.2 Å². The second-order valence-electron chi connectivity index (χ2n) is 9.60. The van der Waals surface area contributed by atoms with Gasteiger partial charge in [0.2, 0.25) is 5.91 Å². The van der Waals surface area contributed by atoms with Crippen molar-refractivity contribution >= 4 is 18.0 Å². The van der Waals surface area contributed by atoms with Crippen LogP contribution in [0.5, 0.6) is 5.75 Å². The van der Waals surface area contributed by atoms with Gasteiger partial charge in [-0.25, -0.2) is 9.59 Å². The molecule has 0 unspecified atom stereocenters. The van der Waals surface area contributed by atoms with Gasteiger partial charge in [-0.2, -0.15) is 0 Å². The van der Waals surface area contributed by atoms with E-state index in [0.29, 0.717) is 18.8 Å². The molecule has 0 aliphatic heterocycles. The summed E-state index contributed by atoms with van der Waals surface area (Å²) in [6.07, 6.45) is -0.158. The number of carbonyl (C=O) groups excluding carboxylic acids is 3. The van der Waals surface area contributed by atoms with Crippen LogP contribution >= 0.6 is 0 Å². The third-order valence-corrected chi connectivity index (χ3v) is 5.92. The summed E-state index contributed by atoms with van der Waals surface area (Å²) in [7, 11) is 1.27. The molecule has 0 saturated carbocycles. The second-order valence-corrected chi connectivity index (χ2v) is 9.60. The Bertz CT molecular complexity index is 1200. The fourth-order valence-electron chi connectivity index (χ4n) is 3.96. The maximum absolute atomic E-state index is 13.2. The number of alkyl carbamates (subject to hydrolysis) is 1. The fourth-order valence-corrected chi connectivity index (χ4v) is 3.96. The van der Waals surface area contributed by atoms with Crippen LogP contribution in [0, 0.1) is 5.92 Å². The van der Waals surface area contributed by atoms with Crippen LogP contribution in [0.4, 0.5) is 4.79 Å². The molecule has 8 heteroatoms. The largest absolute Gasteiger partial charge is 0.489 e. The topological polar surface area (TPSA) is 103 Å². The summed E-state index contributed by atoms with van der Waals surface area (Å²) in [4.78, 5) is 38.3. The first-order chi connectivity index (χ1) is 18.8. The molecule has 0 aromatic heterocycles. The van der Waals surface area contributed by atoms with Crippen molar-refractivity contribution < 1.29 is 28.6 Å². The zero-order valence-corrected chi connectivity index (χ0v) is 22.6. The highest BCUT2D eigenvalue weighted by molar-refractivity contribution is 5.89. The minimum Gasteiger partial charge on any atom is -0.489 e. The number of ether oxygens (including phenoxy) is 3. The average Bonchev–Trinajstić information content (AvgIpc) is 2.95. The summed E-state index contributed by atoms with van der Waals surface area (Å²) < 4.78 is 16.1. The third kappa shape index (κ3) is 10.2. The third-order valence-electron chi connectivity index (χ3n) is 5.92. The van der Waals surface area contributed by atoms with E-state index in [2.05, 4.69) is 10.6 Å². The molecule has 0 bridgehead atoms. The molecule has 0 saturated heterocycles. The Morgan fingerprint density at radius 2 is 1.36 bits per heavy atom. The van der Waals surface area contributed by atoms with E-state index in [1.165, 1.54) is 7.11 Å². The molecule has 0 radical (unpaired) electrons. The molecule has 3 rings (SSSR count). The molecule has 0 aliphatic carbocycles. The van der Waals surface area contributed by atoms with E-state index in [1.807, 2.05) is 98.8 Å². The quantitative estimate of drug-likeness (QED) is 0.307. The Hall–Kier alpha value is -4.33. The Labute approximate surface area is 229 Å². The number of methoxy groups -OCH3 is 1. The molecule has 0 heterocycles. The Morgan fingerprint density at radius 1 is 0.744 bits per heavy atom. The highest BCUT2D eigenvalue weighted by atomic mass is 16.5. The van der Waals surface area contributed by atoms with Gasteiger partial charge in [-0.1, -0.05) is 86.6 Å². The summed E-state index contributed by atoms with van der Waals surface area (Å²) in [5.41, 5.74) is 2.65. The molecule has 0 fully saturated rings. The predicted octanol–water partition coefficient (Wildman–Crippen LogP) is 4.81. The monoisotopic (exact) mass is 532 g/mol. The molecular formula is C31H36N2O6. The minimum absolute atomic E-state index is 0.0795. The van der Waals surface area contributed by atoms with Crippen molar-refractivity contribution in [2.75, 3.05) is 7.11 Å². The van der Waals surface area contributed by atoms with Crippen molar-refractivity contribution in [3.05, 3.63) is 102 Å². The molecule has 0 spiro atoms. The molecule has 206 valence electrons. The Kier molecular flexibility index (Phi) is 11.4. The number of amides is 2. The molecule has 3 aromatic rings. The smallest absolute Gasteiger partial charge is 0.408 e. The van der Waals surface area contributed by atoms with E-state index >= 15 is 0 Å². The van der Waals surface area contributed by atoms with Crippen LogP contribution in [0.1, 0.15) is 37.0 Å². The van der Waals surface area contributed by atoms with Crippen LogP contribution < -0.4 is 15.4 Å². The number of esters is 1. The highest BCUT2D eigenvalue weighted by Crippen LogP contribution is 2.17.